The van der Waals surface area contributed by atoms with Crippen molar-refractivity contribution in [2.24, 2.45) is 0 Å². The Labute approximate surface area is 132 Å². The Morgan fingerprint density at radius 1 is 1.30 bits per heavy atom. The fraction of sp³-hybridized carbons (Fsp3) is 0.176. The Morgan fingerprint density at radius 2 is 2.17 bits per heavy atom. The molecule has 0 fully saturated rings. The van der Waals surface area contributed by atoms with Crippen LogP contribution < -0.4 is 15.5 Å². The predicted octanol–water partition coefficient (Wildman–Crippen LogP) is 2.70. The summed E-state index contributed by atoms with van der Waals surface area (Å²) in [6.45, 7) is 1.58. The molecule has 23 heavy (non-hydrogen) atoms. The molecule has 0 radical (unpaired) electrons. The van der Waals surface area contributed by atoms with Crippen molar-refractivity contribution in [2.45, 2.75) is 13.3 Å². The van der Waals surface area contributed by atoms with Crippen LogP contribution in [0.2, 0.25) is 0 Å². The molecule has 1 aromatic carbocycles. The van der Waals surface area contributed by atoms with Crippen LogP contribution in [0.3, 0.4) is 0 Å². The van der Waals surface area contributed by atoms with E-state index in [0.29, 0.717) is 17.9 Å². The Hall–Kier alpha value is -3.02. The largest absolute Gasteiger partial charge is 0.476 e. The number of hydrogen-bond donors (Lipinski definition) is 2. The van der Waals surface area contributed by atoms with Gasteiger partial charge in [0.05, 0.1) is 12.0 Å². The van der Waals surface area contributed by atoms with Crippen LogP contribution in [-0.2, 0) is 11.2 Å². The van der Waals surface area contributed by atoms with Gasteiger partial charge in [-0.1, -0.05) is 13.0 Å². The number of H-pyrrole nitrogens is 1. The van der Waals surface area contributed by atoms with Crippen molar-refractivity contribution in [3.05, 3.63) is 58.8 Å². The van der Waals surface area contributed by atoms with Crippen LogP contribution in [0.25, 0.3) is 10.9 Å². The van der Waals surface area contributed by atoms with E-state index in [0.717, 1.165) is 10.9 Å². The minimum Gasteiger partial charge on any atom is -0.476 e. The van der Waals surface area contributed by atoms with E-state index in [9.17, 15) is 9.59 Å². The highest BCUT2D eigenvalue weighted by Gasteiger charge is 2.12. The summed E-state index contributed by atoms with van der Waals surface area (Å²) in [5, 5.41) is 3.69. The summed E-state index contributed by atoms with van der Waals surface area (Å²) in [5.74, 6) is 0.173. The topological polar surface area (TPSA) is 84.3 Å². The number of aromatic nitrogens is 1. The maximum absolute atomic E-state index is 12.1. The number of amides is 1. The summed E-state index contributed by atoms with van der Waals surface area (Å²) >= 11 is 0. The van der Waals surface area contributed by atoms with E-state index < -0.39 is 0 Å². The van der Waals surface area contributed by atoms with Gasteiger partial charge in [-0.3, -0.25) is 9.59 Å². The lowest BCUT2D eigenvalue weighted by molar-refractivity contribution is -0.118. The third kappa shape index (κ3) is 3.11. The van der Waals surface area contributed by atoms with Crippen LogP contribution in [0, 0.1) is 0 Å². The molecule has 1 amide bonds. The minimum atomic E-state index is -0.344. The van der Waals surface area contributed by atoms with Gasteiger partial charge in [0.15, 0.2) is 6.61 Å². The highest BCUT2D eigenvalue weighted by Crippen LogP contribution is 2.22. The Morgan fingerprint density at radius 3 is 3.00 bits per heavy atom. The number of nitrogens with one attached hydrogen (secondary N) is 2. The summed E-state index contributed by atoms with van der Waals surface area (Å²) in [6, 6.07) is 8.72. The molecule has 0 saturated heterocycles. The normalized spacial score (nSPS) is 10.7. The van der Waals surface area contributed by atoms with Crippen molar-refractivity contribution in [3.8, 4) is 5.75 Å². The quantitative estimate of drug-likeness (QED) is 0.758. The van der Waals surface area contributed by atoms with Crippen molar-refractivity contribution >= 4 is 22.5 Å². The van der Waals surface area contributed by atoms with Crippen LogP contribution in [0.4, 0.5) is 5.69 Å². The lowest BCUT2D eigenvalue weighted by atomic mass is 10.2. The predicted molar refractivity (Wildman–Crippen MR) is 86.8 cm³/mol. The molecule has 0 bridgehead atoms. The van der Waals surface area contributed by atoms with Crippen molar-refractivity contribution < 1.29 is 13.9 Å². The Kier molecular flexibility index (Phi) is 4.14. The number of aryl methyl sites for hydroxylation is 1. The highest BCUT2D eigenvalue weighted by atomic mass is 16.5. The maximum Gasteiger partial charge on any atom is 0.262 e. The van der Waals surface area contributed by atoms with Gasteiger partial charge in [-0.2, -0.15) is 0 Å². The number of hydrogen-bond acceptors (Lipinski definition) is 4. The fourth-order valence-electron chi connectivity index (χ4n) is 2.36. The molecule has 0 aliphatic carbocycles. The molecule has 0 atom stereocenters. The van der Waals surface area contributed by atoms with Crippen molar-refractivity contribution in [2.75, 3.05) is 11.9 Å². The number of rotatable bonds is 5. The molecule has 2 aromatic heterocycles. The number of anilines is 1. The van der Waals surface area contributed by atoms with Crippen LogP contribution in [0.1, 0.15) is 12.7 Å². The number of carbonyl (C=O) groups excluding carboxylic acids is 1. The molecule has 0 spiro atoms. The third-order valence-electron chi connectivity index (χ3n) is 3.44. The second kappa shape index (κ2) is 6.39. The van der Waals surface area contributed by atoms with E-state index in [4.69, 9.17) is 9.15 Å². The number of fused-ring (bicyclic) bond motifs is 1. The van der Waals surface area contributed by atoms with Crippen LogP contribution >= 0.6 is 0 Å². The van der Waals surface area contributed by atoms with Crippen molar-refractivity contribution in [1.29, 1.82) is 0 Å². The summed E-state index contributed by atoms with van der Waals surface area (Å²) < 4.78 is 10.6. The monoisotopic (exact) mass is 312 g/mol. The average molecular weight is 312 g/mol. The standard InChI is InChI=1S/C17H16N2O4/c1-2-15-17(14(20)7-9-22-15)23-10-16(21)19-13-5-3-4-12-11(13)6-8-18-12/h3-9,18H,2,10H2,1H3,(H,19,21). The highest BCUT2D eigenvalue weighted by molar-refractivity contribution is 6.01. The first-order valence-electron chi connectivity index (χ1n) is 7.28. The lowest BCUT2D eigenvalue weighted by Crippen LogP contribution is -2.22. The van der Waals surface area contributed by atoms with E-state index in [2.05, 4.69) is 10.3 Å². The molecule has 2 heterocycles. The molecule has 2 N–H and O–H groups in total. The Bertz CT molecular complexity index is 895. The van der Waals surface area contributed by atoms with E-state index in [-0.39, 0.29) is 23.7 Å². The number of carbonyl (C=O) groups is 1. The number of benzene rings is 1. The Balaban J connectivity index is 1.71. The second-order valence-corrected chi connectivity index (χ2v) is 4.97. The lowest BCUT2D eigenvalue weighted by Gasteiger charge is -2.09. The van der Waals surface area contributed by atoms with Gasteiger partial charge in [0.1, 0.15) is 5.76 Å². The number of ether oxygens (including phenoxy) is 1. The van der Waals surface area contributed by atoms with Gasteiger partial charge in [-0.15, -0.1) is 0 Å². The molecule has 6 heteroatoms. The van der Waals surface area contributed by atoms with E-state index in [1.165, 1.54) is 12.3 Å². The van der Waals surface area contributed by atoms with Crippen LogP contribution in [0.15, 0.2) is 52.0 Å². The molecular formula is C17H16N2O4. The van der Waals surface area contributed by atoms with Gasteiger partial charge in [0.2, 0.25) is 11.2 Å². The third-order valence-corrected chi connectivity index (χ3v) is 3.44. The molecule has 6 nitrogen and oxygen atoms in total. The van der Waals surface area contributed by atoms with Gasteiger partial charge in [0, 0.05) is 29.6 Å². The van der Waals surface area contributed by atoms with E-state index in [1.54, 1.807) is 6.20 Å². The van der Waals surface area contributed by atoms with Crippen molar-refractivity contribution in [1.82, 2.24) is 4.98 Å². The summed E-state index contributed by atoms with van der Waals surface area (Å²) in [5.41, 5.74) is 1.32. The van der Waals surface area contributed by atoms with Gasteiger partial charge in [0.25, 0.3) is 5.91 Å². The molecule has 0 aliphatic heterocycles. The van der Waals surface area contributed by atoms with Gasteiger partial charge < -0.3 is 19.5 Å². The zero-order chi connectivity index (χ0) is 16.2. The first kappa shape index (κ1) is 14.9. The summed E-state index contributed by atoms with van der Waals surface area (Å²) in [4.78, 5) is 26.9. The minimum absolute atomic E-state index is 0.0880. The average Bonchev–Trinajstić information content (AvgIpc) is 3.03. The maximum atomic E-state index is 12.1. The zero-order valence-electron chi connectivity index (χ0n) is 12.6. The first-order valence-corrected chi connectivity index (χ1v) is 7.28. The molecule has 3 aromatic rings. The second-order valence-electron chi connectivity index (χ2n) is 4.97. The van der Waals surface area contributed by atoms with Gasteiger partial charge in [-0.25, -0.2) is 0 Å². The SMILES string of the molecule is CCc1occc(=O)c1OCC(=O)Nc1cccc2[nH]ccc12. The van der Waals surface area contributed by atoms with Gasteiger partial charge in [-0.05, 0) is 18.2 Å². The van der Waals surface area contributed by atoms with Crippen LogP contribution in [0.5, 0.6) is 5.75 Å². The molecule has 118 valence electrons. The first-order chi connectivity index (χ1) is 11.2. The molecular weight excluding hydrogens is 296 g/mol. The summed E-state index contributed by atoms with van der Waals surface area (Å²) in [7, 11) is 0. The smallest absolute Gasteiger partial charge is 0.262 e. The zero-order valence-corrected chi connectivity index (χ0v) is 12.6. The molecule has 0 unspecified atom stereocenters. The van der Waals surface area contributed by atoms with Crippen LogP contribution in [-0.4, -0.2) is 17.5 Å². The molecule has 3 rings (SSSR count). The van der Waals surface area contributed by atoms with E-state index >= 15 is 0 Å². The molecule has 0 saturated carbocycles. The van der Waals surface area contributed by atoms with Crippen molar-refractivity contribution in [3.63, 3.8) is 0 Å². The van der Waals surface area contributed by atoms with Gasteiger partial charge >= 0.3 is 0 Å². The van der Waals surface area contributed by atoms with E-state index in [1.807, 2.05) is 31.2 Å². The number of aromatic amines is 1. The summed E-state index contributed by atoms with van der Waals surface area (Å²) in [6.07, 6.45) is 3.63. The fourth-order valence-corrected chi connectivity index (χ4v) is 2.36. The molecule has 0 aliphatic rings.